The monoisotopic (exact) mass is 1510 g/mol. The molecule has 550 valence electrons. The van der Waals surface area contributed by atoms with Crippen LogP contribution in [0.2, 0.25) is 0 Å². The quantitative estimate of drug-likeness (QED) is 0.0551. The highest BCUT2D eigenvalue weighted by Gasteiger charge is 2.32. The van der Waals surface area contributed by atoms with E-state index in [1.54, 1.807) is 120 Å². The van der Waals surface area contributed by atoms with Gasteiger partial charge in [-0.1, -0.05) is 14.9 Å². The molecule has 6 N–H and O–H groups in total. The largest absolute Gasteiger partial charge is 0.497 e. The fourth-order valence-corrected chi connectivity index (χ4v) is 10.7. The molecule has 3 aromatic carbocycles. The van der Waals surface area contributed by atoms with E-state index in [1.807, 2.05) is 28.2 Å². The summed E-state index contributed by atoms with van der Waals surface area (Å²) < 4.78 is 89.1. The third-order valence-corrected chi connectivity index (χ3v) is 15.3. The highest BCUT2D eigenvalue weighted by atomic mass is 79.9. The molecule has 0 bridgehead atoms. The Labute approximate surface area is 614 Å². The van der Waals surface area contributed by atoms with Crippen molar-refractivity contribution in [3.63, 3.8) is 0 Å². The van der Waals surface area contributed by atoms with Gasteiger partial charge in [-0.25, -0.2) is 57.0 Å². The third-order valence-electron chi connectivity index (χ3n) is 14.9. The number of aromatic nitrogens is 9. The fraction of sp³-hybridized carbons (Fsp3) is 0.260. The third kappa shape index (κ3) is 16.7. The van der Waals surface area contributed by atoms with E-state index in [-0.39, 0.29) is 106 Å². The van der Waals surface area contributed by atoms with Crippen molar-refractivity contribution in [1.29, 1.82) is 0 Å². The Kier molecular flexibility index (Phi) is 23.8. The van der Waals surface area contributed by atoms with Crippen LogP contribution in [0.3, 0.4) is 0 Å². The van der Waals surface area contributed by atoms with Gasteiger partial charge in [-0.15, -0.1) is 0 Å². The van der Waals surface area contributed by atoms with E-state index in [2.05, 4.69) is 92.0 Å². The SMILES string of the molecule is C.C.[C-]#[N+]c1c(-c2ccc(OC)cc2F)nc2[nH]nc(NC(=O)N(C)C)c2c1-c1ccc(N(C)C)o1.[C-]#[N+]c1c(-c2ccc(OC)cc2F)nc2[nH]nc(NC(=O)OC(C)(C)C)c2c1-c1ccc(Br)o1.[C-]#[N+]c1c(-c2ccc(OC)cc2F)nc2[nH]nc(NC(=O)OC(C)(C)C)c2c1-c1ccc(N(C)C)o1. The number of carbonyl (C=O) groups is 3. The maximum atomic E-state index is 15.1. The number of nitrogens with zero attached hydrogens (tertiary/aromatic N) is 12. The first kappa shape index (κ1) is 78.6. The predicted octanol–water partition coefficient (Wildman–Crippen LogP) is 18.7. The molecule has 0 unspecified atom stereocenters. The molecule has 12 aromatic rings. The number of fused-ring (bicyclic) bond motifs is 3. The minimum atomic E-state index is -0.736. The van der Waals surface area contributed by atoms with Gasteiger partial charge < -0.3 is 51.6 Å². The highest BCUT2D eigenvalue weighted by molar-refractivity contribution is 9.10. The molecule has 106 heavy (non-hydrogen) atoms. The van der Waals surface area contributed by atoms with Gasteiger partial charge in [0.05, 0.1) is 74.3 Å². The smallest absolute Gasteiger partial charge is 0.413 e. The van der Waals surface area contributed by atoms with Gasteiger partial charge in [0.2, 0.25) is 17.1 Å². The summed E-state index contributed by atoms with van der Waals surface area (Å²) in [6, 6.07) is 22.6. The van der Waals surface area contributed by atoms with E-state index in [1.165, 1.54) is 62.6 Å². The molecular formula is C73H74BrF3N18O11. The molecule has 0 spiro atoms. The Bertz CT molecular complexity index is 5430. The zero-order valence-corrected chi connectivity index (χ0v) is 60.1. The van der Waals surface area contributed by atoms with E-state index in [0.29, 0.717) is 78.3 Å². The normalized spacial score (nSPS) is 10.9. The van der Waals surface area contributed by atoms with Crippen molar-refractivity contribution in [3.8, 4) is 85.0 Å². The second-order valence-corrected chi connectivity index (χ2v) is 25.8. The Morgan fingerprint density at radius 2 is 0.792 bits per heavy atom. The number of aromatic amines is 3. The van der Waals surface area contributed by atoms with Crippen LogP contribution >= 0.6 is 15.9 Å². The predicted molar refractivity (Wildman–Crippen MR) is 402 cm³/mol. The van der Waals surface area contributed by atoms with Crippen LogP contribution in [0.5, 0.6) is 17.2 Å². The van der Waals surface area contributed by atoms with Crippen molar-refractivity contribution in [1.82, 2.24) is 50.4 Å². The molecule has 9 aromatic heterocycles. The number of pyridine rings is 3. The zero-order valence-electron chi connectivity index (χ0n) is 58.5. The molecule has 0 aliphatic heterocycles. The lowest BCUT2D eigenvalue weighted by Crippen LogP contribution is -2.27. The Hall–Kier alpha value is -13.1. The van der Waals surface area contributed by atoms with Crippen LogP contribution in [0.25, 0.3) is 115 Å². The average Bonchev–Trinajstić information content (AvgIpc) is 1.54. The number of anilines is 5. The number of furan rings is 3. The summed E-state index contributed by atoms with van der Waals surface area (Å²) in [7, 11) is 14.7. The van der Waals surface area contributed by atoms with Crippen molar-refractivity contribution in [2.24, 2.45) is 0 Å². The van der Waals surface area contributed by atoms with Gasteiger partial charge in [-0.05, 0) is 118 Å². The van der Waals surface area contributed by atoms with E-state index in [4.69, 9.17) is 56.7 Å². The van der Waals surface area contributed by atoms with Gasteiger partial charge >= 0.3 is 18.2 Å². The summed E-state index contributed by atoms with van der Waals surface area (Å²) in [5.74, 6) is 1.57. The van der Waals surface area contributed by atoms with Gasteiger partial charge in [-0.3, -0.25) is 31.2 Å². The van der Waals surface area contributed by atoms with Gasteiger partial charge in [0.1, 0.15) is 63.2 Å². The van der Waals surface area contributed by atoms with Crippen LogP contribution in [-0.2, 0) is 9.47 Å². The van der Waals surface area contributed by atoms with E-state index >= 15 is 8.78 Å². The van der Waals surface area contributed by atoms with Gasteiger partial charge in [-0.2, -0.15) is 15.3 Å². The molecule has 0 saturated heterocycles. The number of H-pyrrole nitrogens is 3. The van der Waals surface area contributed by atoms with Crippen LogP contribution in [0.1, 0.15) is 56.4 Å². The van der Waals surface area contributed by atoms with Crippen LogP contribution in [0.15, 0.2) is 109 Å². The molecular weight excluding hydrogens is 1440 g/mol. The average molecular weight is 1520 g/mol. The number of rotatable bonds is 14. The van der Waals surface area contributed by atoms with Crippen molar-refractivity contribution in [2.45, 2.75) is 67.6 Å². The number of carbonyl (C=O) groups excluding carboxylic acids is 3. The Morgan fingerprint density at radius 3 is 1.05 bits per heavy atom. The number of amides is 4. The molecule has 33 heteroatoms. The maximum Gasteiger partial charge on any atom is 0.413 e. The molecule has 0 radical (unpaired) electrons. The highest BCUT2D eigenvalue weighted by Crippen LogP contribution is 2.50. The molecule has 0 fully saturated rings. The second kappa shape index (κ2) is 32.1. The lowest BCUT2D eigenvalue weighted by atomic mass is 10.0. The van der Waals surface area contributed by atoms with E-state index in [9.17, 15) is 18.8 Å². The summed E-state index contributed by atoms with van der Waals surface area (Å²) in [4.78, 5) is 66.7. The molecule has 0 atom stereocenters. The standard InChI is InChI=1S/C25H25FN6O4.C23H19BrFN5O4.C23H22FN7O3.2CH4/c1-25(2,3)36-24(33)29-23-19-18(16-10-11-17(35-16)32(5)6)21(27-4)20(28-22(19)30-31-23)14-9-8-13(34-7)12-15(14)26;1-23(2,3)34-22(31)28-21-17-16(14-8-9-15(24)33-14)19(26-4)18(27-20(17)29-30-21)12-7-6-11(32-5)10-13(12)25;1-25-20-17(15-9-10-16(34-15)30(2)3)18-21(28-29-22(18)27-23(32)31(4)5)26-19(20)13-8-7-12(33-6)11-14(13)24;;/h8-12H,1-3,5-7H3,(H2,28,29,30,31,33);6-10H,1-3,5H3,(H2,27,28,29,30,31);7-11H,2-6H3,(H2,26,27,28,29,32);2*1H4. The number of methoxy groups -OCH3 is 3. The van der Waals surface area contributed by atoms with Crippen LogP contribution in [-0.4, -0.2) is 143 Å². The van der Waals surface area contributed by atoms with Gasteiger partial charge in [0.25, 0.3) is 0 Å². The molecule has 0 aliphatic rings. The van der Waals surface area contributed by atoms with Crippen LogP contribution in [0, 0.1) is 37.2 Å². The summed E-state index contributed by atoms with van der Waals surface area (Å²) >= 11 is 3.27. The van der Waals surface area contributed by atoms with Crippen molar-refractivity contribution < 1.29 is 64.5 Å². The summed E-state index contributed by atoms with van der Waals surface area (Å²) in [6.07, 6.45) is -1.47. The van der Waals surface area contributed by atoms with Gasteiger partial charge in [0.15, 0.2) is 50.8 Å². The molecule has 0 saturated carbocycles. The molecule has 0 aliphatic carbocycles. The molecule has 29 nitrogen and oxygen atoms in total. The molecule has 4 amide bonds. The summed E-state index contributed by atoms with van der Waals surface area (Å²) in [6.45, 7) is 34.2. The number of urea groups is 1. The van der Waals surface area contributed by atoms with Crippen LogP contribution in [0.4, 0.5) is 73.8 Å². The van der Waals surface area contributed by atoms with Crippen molar-refractivity contribution >= 4 is 114 Å². The summed E-state index contributed by atoms with van der Waals surface area (Å²) in [5, 5.41) is 29.7. The van der Waals surface area contributed by atoms with Crippen LogP contribution < -0.4 is 40.0 Å². The number of benzene rings is 3. The maximum absolute atomic E-state index is 15.1. The molecule has 12 rings (SSSR count). The lowest BCUT2D eigenvalue weighted by Gasteiger charge is -2.19. The zero-order chi connectivity index (χ0) is 75.4. The number of hydrogen-bond donors (Lipinski definition) is 6. The first-order valence-corrected chi connectivity index (χ1v) is 31.9. The minimum Gasteiger partial charge on any atom is -0.497 e. The first-order valence-electron chi connectivity index (χ1n) is 31.1. The van der Waals surface area contributed by atoms with E-state index in [0.717, 1.165) is 0 Å². The number of halogens is 4. The van der Waals surface area contributed by atoms with E-state index < -0.39 is 46.9 Å². The molecule has 9 heterocycles. The number of nitrogens with one attached hydrogen (secondary N) is 6. The summed E-state index contributed by atoms with van der Waals surface area (Å²) in [5.41, 5.74) is 0.821. The fourth-order valence-electron chi connectivity index (χ4n) is 10.3. The Balaban J connectivity index is 0.000000199. The number of ether oxygens (including phenoxy) is 5. The second-order valence-electron chi connectivity index (χ2n) is 25.1. The number of hydrogen-bond acceptors (Lipinski definition) is 19. The first-order chi connectivity index (χ1) is 49.4. The lowest BCUT2D eigenvalue weighted by molar-refractivity contribution is 0.0624. The minimum absolute atomic E-state index is 0. The van der Waals surface area contributed by atoms with Gasteiger partial charge in [0, 0.05) is 106 Å². The van der Waals surface area contributed by atoms with Crippen molar-refractivity contribution in [3.05, 3.63) is 147 Å². The van der Waals surface area contributed by atoms with Crippen molar-refractivity contribution in [2.75, 3.05) is 89.4 Å². The Morgan fingerprint density at radius 1 is 0.481 bits per heavy atom. The topological polar surface area (TPSA) is 320 Å².